The Morgan fingerprint density at radius 1 is 1.32 bits per heavy atom. The Balaban J connectivity index is 2.00. The molecule has 1 aliphatic rings. The highest BCUT2D eigenvalue weighted by Gasteiger charge is 2.56. The fourth-order valence-corrected chi connectivity index (χ4v) is 2.65. The van der Waals surface area contributed by atoms with Gasteiger partial charge in [-0.3, -0.25) is 4.68 Å². The van der Waals surface area contributed by atoms with Gasteiger partial charge in [-0.1, -0.05) is 12.1 Å². The van der Waals surface area contributed by atoms with E-state index in [-0.39, 0.29) is 16.8 Å². The molecule has 1 aromatic heterocycles. The molecule has 0 N–H and O–H groups in total. The van der Waals surface area contributed by atoms with E-state index in [1.165, 1.54) is 18.5 Å². The lowest BCUT2D eigenvalue weighted by Crippen LogP contribution is -2.64. The fraction of sp³-hybridized carbons (Fsp3) is 0.429. The second-order valence-corrected chi connectivity index (χ2v) is 5.48. The van der Waals surface area contributed by atoms with Crippen molar-refractivity contribution in [1.82, 2.24) is 14.8 Å². The summed E-state index contributed by atoms with van der Waals surface area (Å²) in [5, 5.41) is 4.17. The number of benzene rings is 1. The molecule has 2 aromatic rings. The molecule has 1 aromatic carbocycles. The van der Waals surface area contributed by atoms with Crippen molar-refractivity contribution < 1.29 is 9.13 Å². The predicted octanol–water partition coefficient (Wildman–Crippen LogP) is 2.16. The van der Waals surface area contributed by atoms with Crippen molar-refractivity contribution in [2.45, 2.75) is 31.4 Å². The van der Waals surface area contributed by atoms with Gasteiger partial charge in [0, 0.05) is 0 Å². The zero-order chi connectivity index (χ0) is 13.5. The maximum Gasteiger partial charge on any atom is 0.137 e. The first-order valence-corrected chi connectivity index (χ1v) is 6.26. The van der Waals surface area contributed by atoms with Crippen LogP contribution in [-0.4, -0.2) is 27.0 Å². The molecule has 0 spiro atoms. The van der Waals surface area contributed by atoms with Gasteiger partial charge in [-0.25, -0.2) is 9.37 Å². The highest BCUT2D eigenvalue weighted by Crippen LogP contribution is 2.47. The summed E-state index contributed by atoms with van der Waals surface area (Å²) in [4.78, 5) is 3.97. The minimum atomic E-state index is -0.309. The number of hydrogen-bond donors (Lipinski definition) is 0. The molecule has 1 saturated heterocycles. The van der Waals surface area contributed by atoms with Crippen LogP contribution in [0, 0.1) is 5.82 Å². The topological polar surface area (TPSA) is 39.9 Å². The summed E-state index contributed by atoms with van der Waals surface area (Å²) < 4.78 is 20.6. The van der Waals surface area contributed by atoms with Crippen LogP contribution in [0.15, 0.2) is 36.9 Å². The largest absolute Gasteiger partial charge is 0.373 e. The van der Waals surface area contributed by atoms with E-state index >= 15 is 0 Å². The van der Waals surface area contributed by atoms with Gasteiger partial charge in [0.1, 0.15) is 18.5 Å². The van der Waals surface area contributed by atoms with Crippen LogP contribution in [0.25, 0.3) is 0 Å². The van der Waals surface area contributed by atoms with Crippen molar-refractivity contribution >= 4 is 0 Å². The van der Waals surface area contributed by atoms with Gasteiger partial charge in [-0.2, -0.15) is 5.10 Å². The van der Waals surface area contributed by atoms with Gasteiger partial charge in [0.15, 0.2) is 0 Å². The van der Waals surface area contributed by atoms with Gasteiger partial charge in [0.25, 0.3) is 0 Å². The van der Waals surface area contributed by atoms with Crippen LogP contribution in [0.1, 0.15) is 19.4 Å². The van der Waals surface area contributed by atoms with Gasteiger partial charge < -0.3 is 4.74 Å². The molecule has 0 amide bonds. The molecule has 1 atom stereocenters. The average Bonchev–Trinajstić information content (AvgIpc) is 2.88. The monoisotopic (exact) mass is 261 g/mol. The summed E-state index contributed by atoms with van der Waals surface area (Å²) in [6, 6.07) is 6.65. The maximum atomic E-state index is 13.1. The minimum absolute atomic E-state index is 0.200. The Hall–Kier alpha value is -1.75. The summed E-state index contributed by atoms with van der Waals surface area (Å²) in [7, 11) is 0. The van der Waals surface area contributed by atoms with E-state index in [9.17, 15) is 4.39 Å². The summed E-state index contributed by atoms with van der Waals surface area (Å²) >= 11 is 0. The van der Waals surface area contributed by atoms with Crippen LogP contribution in [0.3, 0.4) is 0 Å². The number of ether oxygens (including phenoxy) is 1. The Morgan fingerprint density at radius 2 is 2.05 bits per heavy atom. The Bertz CT molecular complexity index is 565. The summed E-state index contributed by atoms with van der Waals surface area (Å²) in [5.74, 6) is -0.224. The smallest absolute Gasteiger partial charge is 0.137 e. The molecule has 4 nitrogen and oxygen atoms in total. The Kier molecular flexibility index (Phi) is 2.67. The lowest BCUT2D eigenvalue weighted by molar-refractivity contribution is -0.210. The molecule has 1 fully saturated rings. The number of halogens is 1. The van der Waals surface area contributed by atoms with Crippen molar-refractivity contribution in [1.29, 1.82) is 0 Å². The molecule has 0 aliphatic carbocycles. The second kappa shape index (κ2) is 4.13. The first-order valence-electron chi connectivity index (χ1n) is 6.26. The quantitative estimate of drug-likeness (QED) is 0.850. The molecule has 1 aliphatic heterocycles. The van der Waals surface area contributed by atoms with Gasteiger partial charge in [-0.05, 0) is 31.5 Å². The number of rotatable bonds is 3. The van der Waals surface area contributed by atoms with Crippen LogP contribution in [-0.2, 0) is 16.7 Å². The van der Waals surface area contributed by atoms with E-state index in [1.807, 2.05) is 12.1 Å². The molecule has 0 saturated carbocycles. The molecule has 19 heavy (non-hydrogen) atoms. The average molecular weight is 261 g/mol. The summed E-state index contributed by atoms with van der Waals surface area (Å²) in [6.45, 7) is 5.38. The van der Waals surface area contributed by atoms with Gasteiger partial charge in [-0.15, -0.1) is 0 Å². The Labute approximate surface area is 111 Å². The fourth-order valence-electron chi connectivity index (χ4n) is 2.65. The van der Waals surface area contributed by atoms with Crippen molar-refractivity contribution in [3.05, 3.63) is 48.3 Å². The molecular weight excluding hydrogens is 245 g/mol. The van der Waals surface area contributed by atoms with E-state index in [4.69, 9.17) is 4.74 Å². The molecule has 2 heterocycles. The first kappa shape index (κ1) is 12.3. The van der Waals surface area contributed by atoms with Crippen LogP contribution < -0.4 is 0 Å². The predicted molar refractivity (Wildman–Crippen MR) is 68.1 cm³/mol. The highest BCUT2D eigenvalue weighted by molar-refractivity contribution is 5.32. The van der Waals surface area contributed by atoms with E-state index in [0.29, 0.717) is 13.2 Å². The van der Waals surface area contributed by atoms with E-state index < -0.39 is 0 Å². The third-order valence-electron chi connectivity index (χ3n) is 4.13. The normalized spacial score (nSPS) is 25.0. The zero-order valence-electron chi connectivity index (χ0n) is 11.0. The Morgan fingerprint density at radius 3 is 2.53 bits per heavy atom. The summed E-state index contributed by atoms with van der Waals surface area (Å²) in [6.07, 6.45) is 3.21. The van der Waals surface area contributed by atoms with Crippen LogP contribution in [0.2, 0.25) is 0 Å². The molecule has 1 unspecified atom stereocenters. The molecule has 3 rings (SSSR count). The van der Waals surface area contributed by atoms with Crippen molar-refractivity contribution in [3.63, 3.8) is 0 Å². The van der Waals surface area contributed by atoms with E-state index in [0.717, 1.165) is 5.56 Å². The number of nitrogens with zero attached hydrogens (tertiary/aromatic N) is 3. The zero-order valence-corrected chi connectivity index (χ0v) is 11.0. The van der Waals surface area contributed by atoms with Crippen molar-refractivity contribution in [2.24, 2.45) is 0 Å². The van der Waals surface area contributed by atoms with Gasteiger partial charge >= 0.3 is 0 Å². The van der Waals surface area contributed by atoms with E-state index in [1.54, 1.807) is 11.0 Å². The van der Waals surface area contributed by atoms with Crippen molar-refractivity contribution in [3.8, 4) is 0 Å². The number of aromatic nitrogens is 3. The van der Waals surface area contributed by atoms with Crippen molar-refractivity contribution in [2.75, 3.05) is 6.61 Å². The molecule has 0 radical (unpaired) electrons. The third kappa shape index (κ3) is 1.85. The highest BCUT2D eigenvalue weighted by atomic mass is 19.1. The number of hydrogen-bond acceptors (Lipinski definition) is 3. The molecular formula is C14H16FN3O. The SMILES string of the molecule is CC1(C)OCC1(Cn1cncn1)c1ccc(F)cc1. The van der Waals surface area contributed by atoms with E-state index in [2.05, 4.69) is 23.9 Å². The lowest BCUT2D eigenvalue weighted by Gasteiger charge is -2.55. The summed E-state index contributed by atoms with van der Waals surface area (Å²) in [5.41, 5.74) is 0.561. The lowest BCUT2D eigenvalue weighted by atomic mass is 9.65. The maximum absolute atomic E-state index is 13.1. The first-order chi connectivity index (χ1) is 9.03. The van der Waals surface area contributed by atoms with Crippen LogP contribution >= 0.6 is 0 Å². The molecule has 0 bridgehead atoms. The van der Waals surface area contributed by atoms with Gasteiger partial charge in [0.2, 0.25) is 0 Å². The molecule has 5 heteroatoms. The van der Waals surface area contributed by atoms with Gasteiger partial charge in [0.05, 0.1) is 24.2 Å². The third-order valence-corrected chi connectivity index (χ3v) is 4.13. The molecule has 100 valence electrons. The van der Waals surface area contributed by atoms with Crippen LogP contribution in [0.5, 0.6) is 0 Å². The van der Waals surface area contributed by atoms with Crippen LogP contribution in [0.4, 0.5) is 4.39 Å². The second-order valence-electron chi connectivity index (χ2n) is 5.48. The standard InChI is InChI=1S/C14H16FN3O/c1-13(2)14(8-19-13,7-18-10-16-9-17-18)11-3-5-12(15)6-4-11/h3-6,9-10H,7-8H2,1-2H3. The minimum Gasteiger partial charge on any atom is -0.373 e.